The Balaban J connectivity index is 2.09. The van der Waals surface area contributed by atoms with Gasteiger partial charge in [-0.3, -0.25) is 0 Å². The van der Waals surface area contributed by atoms with E-state index in [1.54, 1.807) is 0 Å². The van der Waals surface area contributed by atoms with Crippen LogP contribution in [0, 0.1) is 17.8 Å². The van der Waals surface area contributed by atoms with Crippen molar-refractivity contribution in [2.75, 3.05) is 6.54 Å². The summed E-state index contributed by atoms with van der Waals surface area (Å²) in [6.07, 6.45) is 2.92. The molecule has 10 heavy (non-hydrogen) atoms. The Bertz CT molecular complexity index is 117. The van der Waals surface area contributed by atoms with E-state index in [2.05, 4.69) is 19.2 Å². The fourth-order valence-electron chi connectivity index (χ4n) is 2.70. The normalized spacial score (nSPS) is 53.4. The smallest absolute Gasteiger partial charge is 0.0124 e. The summed E-state index contributed by atoms with van der Waals surface area (Å²) in [4.78, 5) is 0. The highest BCUT2D eigenvalue weighted by Gasteiger charge is 2.40. The Morgan fingerprint density at radius 2 is 1.90 bits per heavy atom. The van der Waals surface area contributed by atoms with Crippen molar-refractivity contribution in [3.05, 3.63) is 0 Å². The van der Waals surface area contributed by atoms with Gasteiger partial charge < -0.3 is 5.32 Å². The van der Waals surface area contributed by atoms with Crippen LogP contribution in [0.1, 0.15) is 26.7 Å². The van der Waals surface area contributed by atoms with Crippen molar-refractivity contribution >= 4 is 0 Å². The summed E-state index contributed by atoms with van der Waals surface area (Å²) in [5.74, 6) is 2.89. The second kappa shape index (κ2) is 2.23. The average Bonchev–Trinajstić information content (AvgIpc) is 2.41. The molecule has 4 atom stereocenters. The molecule has 4 unspecified atom stereocenters. The molecule has 1 N–H and O–H groups in total. The molecular weight excluding hydrogens is 122 g/mol. The van der Waals surface area contributed by atoms with Gasteiger partial charge >= 0.3 is 0 Å². The number of hydrogen-bond donors (Lipinski definition) is 1. The zero-order valence-corrected chi connectivity index (χ0v) is 6.93. The van der Waals surface area contributed by atoms with Gasteiger partial charge in [0.15, 0.2) is 0 Å². The highest BCUT2D eigenvalue weighted by molar-refractivity contribution is 4.96. The molecule has 2 aliphatic rings. The molecule has 0 amide bonds. The first-order chi connectivity index (χ1) is 4.79. The van der Waals surface area contributed by atoms with E-state index in [0.29, 0.717) is 0 Å². The molecule has 2 rings (SSSR count). The van der Waals surface area contributed by atoms with Gasteiger partial charge in [-0.15, -0.1) is 0 Å². The second-order valence-electron chi connectivity index (χ2n) is 4.13. The molecule has 58 valence electrons. The van der Waals surface area contributed by atoms with Crippen LogP contribution >= 0.6 is 0 Å². The molecule has 0 aromatic carbocycles. The third-order valence-corrected chi connectivity index (χ3v) is 3.44. The molecular formula is C9H17N. The molecule has 0 aromatic heterocycles. The van der Waals surface area contributed by atoms with E-state index < -0.39 is 0 Å². The second-order valence-corrected chi connectivity index (χ2v) is 4.13. The van der Waals surface area contributed by atoms with Crippen molar-refractivity contribution in [2.24, 2.45) is 17.8 Å². The quantitative estimate of drug-likeness (QED) is 0.538. The maximum absolute atomic E-state index is 3.62. The van der Waals surface area contributed by atoms with Gasteiger partial charge in [0.2, 0.25) is 0 Å². The van der Waals surface area contributed by atoms with Crippen LogP contribution in [0.15, 0.2) is 0 Å². The minimum absolute atomic E-state index is 0.870. The SMILES string of the molecule is CC1CNC2C(C)CCC12. The number of nitrogens with one attached hydrogen (secondary N) is 1. The first-order valence-corrected chi connectivity index (χ1v) is 4.52. The van der Waals surface area contributed by atoms with Crippen LogP contribution in [0.25, 0.3) is 0 Å². The minimum Gasteiger partial charge on any atom is -0.313 e. The highest BCUT2D eigenvalue weighted by atomic mass is 15.0. The van der Waals surface area contributed by atoms with Crippen LogP contribution in [-0.4, -0.2) is 12.6 Å². The van der Waals surface area contributed by atoms with E-state index in [1.165, 1.54) is 19.4 Å². The van der Waals surface area contributed by atoms with Gasteiger partial charge in [-0.1, -0.05) is 13.8 Å². The Hall–Kier alpha value is -0.0400. The van der Waals surface area contributed by atoms with Crippen LogP contribution in [0.2, 0.25) is 0 Å². The minimum atomic E-state index is 0.870. The molecule has 0 aromatic rings. The van der Waals surface area contributed by atoms with Gasteiger partial charge in [-0.2, -0.15) is 0 Å². The van der Waals surface area contributed by atoms with Gasteiger partial charge in [0.25, 0.3) is 0 Å². The Morgan fingerprint density at radius 3 is 2.60 bits per heavy atom. The summed E-state index contributed by atoms with van der Waals surface area (Å²) in [5, 5.41) is 3.62. The van der Waals surface area contributed by atoms with E-state index in [1.807, 2.05) is 0 Å². The van der Waals surface area contributed by atoms with E-state index >= 15 is 0 Å². The number of rotatable bonds is 0. The van der Waals surface area contributed by atoms with Gasteiger partial charge in [0.05, 0.1) is 0 Å². The van der Waals surface area contributed by atoms with Crippen LogP contribution in [0.5, 0.6) is 0 Å². The van der Waals surface area contributed by atoms with Gasteiger partial charge in [-0.05, 0) is 37.1 Å². The molecule has 1 saturated carbocycles. The predicted molar refractivity (Wildman–Crippen MR) is 42.8 cm³/mol. The van der Waals surface area contributed by atoms with Gasteiger partial charge in [0, 0.05) is 6.04 Å². The van der Waals surface area contributed by atoms with Crippen molar-refractivity contribution in [3.63, 3.8) is 0 Å². The lowest BCUT2D eigenvalue weighted by Gasteiger charge is -2.14. The third-order valence-electron chi connectivity index (χ3n) is 3.44. The molecule has 1 heterocycles. The maximum Gasteiger partial charge on any atom is 0.0124 e. The lowest BCUT2D eigenvalue weighted by atomic mass is 9.93. The fraction of sp³-hybridized carbons (Fsp3) is 1.00. The van der Waals surface area contributed by atoms with Gasteiger partial charge in [0.1, 0.15) is 0 Å². The molecule has 2 fully saturated rings. The van der Waals surface area contributed by atoms with E-state index in [9.17, 15) is 0 Å². The van der Waals surface area contributed by atoms with Crippen LogP contribution < -0.4 is 5.32 Å². The Kier molecular flexibility index (Phi) is 1.48. The topological polar surface area (TPSA) is 12.0 Å². The largest absolute Gasteiger partial charge is 0.313 e. The lowest BCUT2D eigenvalue weighted by molar-refractivity contribution is 0.401. The zero-order valence-electron chi connectivity index (χ0n) is 6.93. The zero-order chi connectivity index (χ0) is 7.14. The van der Waals surface area contributed by atoms with E-state index in [-0.39, 0.29) is 0 Å². The monoisotopic (exact) mass is 139 g/mol. The molecule has 1 saturated heterocycles. The summed E-state index contributed by atoms with van der Waals surface area (Å²) in [5.41, 5.74) is 0. The summed E-state index contributed by atoms with van der Waals surface area (Å²) in [7, 11) is 0. The van der Waals surface area contributed by atoms with Crippen LogP contribution in [0.3, 0.4) is 0 Å². The van der Waals surface area contributed by atoms with Gasteiger partial charge in [-0.25, -0.2) is 0 Å². The maximum atomic E-state index is 3.62. The number of fused-ring (bicyclic) bond motifs is 1. The van der Waals surface area contributed by atoms with Crippen molar-refractivity contribution in [3.8, 4) is 0 Å². The number of hydrogen-bond acceptors (Lipinski definition) is 1. The molecule has 1 aliphatic carbocycles. The molecule has 1 aliphatic heterocycles. The summed E-state index contributed by atoms with van der Waals surface area (Å²) < 4.78 is 0. The third kappa shape index (κ3) is 0.800. The fourth-order valence-corrected chi connectivity index (χ4v) is 2.70. The Labute approximate surface area is 63.2 Å². The van der Waals surface area contributed by atoms with Crippen molar-refractivity contribution in [1.29, 1.82) is 0 Å². The standard InChI is InChI=1S/C9H17N/c1-6-3-4-8-7(2)5-10-9(6)8/h6-10H,3-5H2,1-2H3. The first-order valence-electron chi connectivity index (χ1n) is 4.52. The average molecular weight is 139 g/mol. The van der Waals surface area contributed by atoms with Crippen molar-refractivity contribution in [1.82, 2.24) is 5.32 Å². The van der Waals surface area contributed by atoms with Crippen LogP contribution in [0.4, 0.5) is 0 Å². The van der Waals surface area contributed by atoms with Crippen molar-refractivity contribution < 1.29 is 0 Å². The van der Waals surface area contributed by atoms with E-state index in [4.69, 9.17) is 0 Å². The summed E-state index contributed by atoms with van der Waals surface area (Å²) in [6, 6.07) is 0.870. The highest BCUT2D eigenvalue weighted by Crippen LogP contribution is 2.39. The van der Waals surface area contributed by atoms with Crippen LogP contribution in [-0.2, 0) is 0 Å². The molecule has 0 radical (unpaired) electrons. The van der Waals surface area contributed by atoms with E-state index in [0.717, 1.165) is 23.8 Å². The molecule has 1 heteroatoms. The first kappa shape index (κ1) is 6.66. The molecule has 0 bridgehead atoms. The predicted octanol–water partition coefficient (Wildman–Crippen LogP) is 1.64. The molecule has 1 nitrogen and oxygen atoms in total. The summed E-state index contributed by atoms with van der Waals surface area (Å²) in [6.45, 7) is 6.03. The summed E-state index contributed by atoms with van der Waals surface area (Å²) >= 11 is 0. The van der Waals surface area contributed by atoms with Crippen molar-refractivity contribution in [2.45, 2.75) is 32.7 Å². The molecule has 0 spiro atoms. The Morgan fingerprint density at radius 1 is 1.10 bits per heavy atom. The lowest BCUT2D eigenvalue weighted by Crippen LogP contribution is -2.28.